The van der Waals surface area contributed by atoms with Gasteiger partial charge >= 0.3 is 0 Å². The van der Waals surface area contributed by atoms with Crippen molar-refractivity contribution in [1.82, 2.24) is 0 Å². The van der Waals surface area contributed by atoms with Crippen LogP contribution in [0.15, 0.2) is 47.6 Å². The van der Waals surface area contributed by atoms with Gasteiger partial charge in [0.15, 0.2) is 5.82 Å². The van der Waals surface area contributed by atoms with Gasteiger partial charge in [-0.3, -0.25) is 5.43 Å². The van der Waals surface area contributed by atoms with Gasteiger partial charge in [-0.2, -0.15) is 5.10 Å². The van der Waals surface area contributed by atoms with Crippen LogP contribution in [0.4, 0.5) is 14.5 Å². The van der Waals surface area contributed by atoms with Crippen LogP contribution in [0.5, 0.6) is 5.75 Å². The molecule has 1 N–H and O–H groups in total. The molecule has 0 spiro atoms. The zero-order valence-corrected chi connectivity index (χ0v) is 11.2. The minimum absolute atomic E-state index is 0.119. The molecule has 3 nitrogen and oxygen atoms in total. The minimum atomic E-state index is -0.688. The van der Waals surface area contributed by atoms with E-state index in [2.05, 4.69) is 10.5 Å². The van der Waals surface area contributed by atoms with E-state index in [9.17, 15) is 8.78 Å². The molecule has 0 heterocycles. The zero-order chi connectivity index (χ0) is 14.5. The maximum Gasteiger partial charge on any atom is 0.151 e. The Kier molecular flexibility index (Phi) is 4.30. The first-order valence-corrected chi connectivity index (χ1v) is 6.00. The lowest BCUT2D eigenvalue weighted by Gasteiger charge is -2.06. The summed E-state index contributed by atoms with van der Waals surface area (Å²) in [5, 5.41) is 4.08. The standard InChI is InChI=1S/C15H14F2N2O/c1-10(11-4-3-5-13(8-11)20-2)18-19-15-7-6-12(16)9-14(15)17/h3-9,19H,1-2H3. The highest BCUT2D eigenvalue weighted by atomic mass is 19.1. The van der Waals surface area contributed by atoms with Crippen LogP contribution in [0, 0.1) is 11.6 Å². The molecule has 2 aromatic carbocycles. The highest BCUT2D eigenvalue weighted by Crippen LogP contribution is 2.16. The van der Waals surface area contributed by atoms with E-state index in [4.69, 9.17) is 4.74 Å². The van der Waals surface area contributed by atoms with Gasteiger partial charge in [0.05, 0.1) is 18.5 Å². The zero-order valence-electron chi connectivity index (χ0n) is 11.2. The third kappa shape index (κ3) is 3.32. The maximum absolute atomic E-state index is 13.4. The van der Waals surface area contributed by atoms with Crippen molar-refractivity contribution in [2.75, 3.05) is 12.5 Å². The van der Waals surface area contributed by atoms with E-state index < -0.39 is 11.6 Å². The second-order valence-corrected chi connectivity index (χ2v) is 4.17. The number of anilines is 1. The molecule has 0 aliphatic heterocycles. The van der Waals surface area contributed by atoms with Crippen LogP contribution < -0.4 is 10.2 Å². The smallest absolute Gasteiger partial charge is 0.151 e. The first-order valence-electron chi connectivity index (χ1n) is 6.00. The Bertz CT molecular complexity index is 642. The van der Waals surface area contributed by atoms with E-state index in [1.54, 1.807) is 14.0 Å². The van der Waals surface area contributed by atoms with Gasteiger partial charge in [0.1, 0.15) is 11.6 Å². The summed E-state index contributed by atoms with van der Waals surface area (Å²) in [5.41, 5.74) is 4.21. The minimum Gasteiger partial charge on any atom is -0.497 e. The van der Waals surface area contributed by atoms with Gasteiger partial charge in [0.25, 0.3) is 0 Å². The molecule has 0 aromatic heterocycles. The largest absolute Gasteiger partial charge is 0.497 e. The molecule has 5 heteroatoms. The number of rotatable bonds is 4. The lowest BCUT2D eigenvalue weighted by molar-refractivity contribution is 0.414. The summed E-state index contributed by atoms with van der Waals surface area (Å²) in [7, 11) is 1.58. The summed E-state index contributed by atoms with van der Waals surface area (Å²) in [6.07, 6.45) is 0. The lowest BCUT2D eigenvalue weighted by Crippen LogP contribution is -2.01. The van der Waals surface area contributed by atoms with Crippen LogP contribution >= 0.6 is 0 Å². The molecule has 104 valence electrons. The van der Waals surface area contributed by atoms with Gasteiger partial charge in [-0.25, -0.2) is 8.78 Å². The van der Waals surface area contributed by atoms with Crippen LogP contribution in [-0.4, -0.2) is 12.8 Å². The van der Waals surface area contributed by atoms with E-state index in [1.807, 2.05) is 24.3 Å². The number of hydrazone groups is 1. The second kappa shape index (κ2) is 6.14. The highest BCUT2D eigenvalue weighted by Gasteiger charge is 2.03. The third-order valence-corrected chi connectivity index (χ3v) is 2.76. The number of halogens is 2. The fourth-order valence-corrected chi connectivity index (χ4v) is 1.64. The van der Waals surface area contributed by atoms with Gasteiger partial charge in [-0.15, -0.1) is 0 Å². The molecule has 0 amide bonds. The predicted octanol–water partition coefficient (Wildman–Crippen LogP) is 3.81. The Labute approximate surface area is 115 Å². The summed E-state index contributed by atoms with van der Waals surface area (Å²) >= 11 is 0. The second-order valence-electron chi connectivity index (χ2n) is 4.17. The summed E-state index contributed by atoms with van der Waals surface area (Å²) in [5.74, 6) is -0.598. The number of methoxy groups -OCH3 is 1. The predicted molar refractivity (Wildman–Crippen MR) is 75.2 cm³/mol. The molecule has 20 heavy (non-hydrogen) atoms. The molecule has 0 aliphatic carbocycles. The molecular weight excluding hydrogens is 262 g/mol. The normalized spacial score (nSPS) is 11.3. The van der Waals surface area contributed by atoms with Crippen LogP contribution in [0.25, 0.3) is 0 Å². The lowest BCUT2D eigenvalue weighted by atomic mass is 10.1. The van der Waals surface area contributed by atoms with Crippen molar-refractivity contribution in [3.8, 4) is 5.75 Å². The number of hydrogen-bond acceptors (Lipinski definition) is 3. The first kappa shape index (κ1) is 14.0. The van der Waals surface area contributed by atoms with E-state index in [0.717, 1.165) is 11.6 Å². The Morgan fingerprint density at radius 1 is 1.15 bits per heavy atom. The van der Waals surface area contributed by atoms with Gasteiger partial charge in [-0.1, -0.05) is 12.1 Å². The van der Waals surface area contributed by atoms with Crippen LogP contribution in [0.3, 0.4) is 0 Å². The van der Waals surface area contributed by atoms with Crippen molar-refractivity contribution in [2.45, 2.75) is 6.92 Å². The van der Waals surface area contributed by atoms with Crippen molar-refractivity contribution < 1.29 is 13.5 Å². The maximum atomic E-state index is 13.4. The number of hydrogen-bond donors (Lipinski definition) is 1. The Morgan fingerprint density at radius 3 is 2.65 bits per heavy atom. The van der Waals surface area contributed by atoms with Crippen molar-refractivity contribution in [3.05, 3.63) is 59.7 Å². The molecule has 0 saturated carbocycles. The van der Waals surface area contributed by atoms with Crippen molar-refractivity contribution in [2.24, 2.45) is 5.10 Å². The van der Waals surface area contributed by atoms with Crippen LogP contribution in [0.2, 0.25) is 0 Å². The molecule has 0 bridgehead atoms. The molecule has 0 saturated heterocycles. The van der Waals surface area contributed by atoms with Crippen molar-refractivity contribution in [3.63, 3.8) is 0 Å². The number of nitrogens with zero attached hydrogens (tertiary/aromatic N) is 1. The quantitative estimate of drug-likeness (QED) is 0.680. The highest BCUT2D eigenvalue weighted by molar-refractivity contribution is 5.99. The van der Waals surface area contributed by atoms with Crippen LogP contribution in [-0.2, 0) is 0 Å². The Morgan fingerprint density at radius 2 is 1.95 bits per heavy atom. The molecule has 0 radical (unpaired) electrons. The topological polar surface area (TPSA) is 33.6 Å². The first-order chi connectivity index (χ1) is 9.60. The van der Waals surface area contributed by atoms with Gasteiger partial charge < -0.3 is 4.74 Å². The van der Waals surface area contributed by atoms with Crippen molar-refractivity contribution >= 4 is 11.4 Å². The van der Waals surface area contributed by atoms with E-state index in [1.165, 1.54) is 12.1 Å². The van der Waals surface area contributed by atoms with Gasteiger partial charge in [0, 0.05) is 11.6 Å². The molecule has 2 aromatic rings. The number of ether oxygens (including phenoxy) is 1. The van der Waals surface area contributed by atoms with Crippen molar-refractivity contribution in [1.29, 1.82) is 0 Å². The molecule has 0 unspecified atom stereocenters. The fraction of sp³-hybridized carbons (Fsp3) is 0.133. The van der Waals surface area contributed by atoms with Crippen LogP contribution in [0.1, 0.15) is 12.5 Å². The average molecular weight is 276 g/mol. The third-order valence-electron chi connectivity index (χ3n) is 2.76. The molecule has 0 fully saturated rings. The summed E-state index contributed by atoms with van der Waals surface area (Å²) in [6.45, 7) is 1.78. The summed E-state index contributed by atoms with van der Waals surface area (Å²) in [4.78, 5) is 0. The van der Waals surface area contributed by atoms with E-state index in [-0.39, 0.29) is 5.69 Å². The number of nitrogens with one attached hydrogen (secondary N) is 1. The number of benzene rings is 2. The molecule has 0 aliphatic rings. The van der Waals surface area contributed by atoms with E-state index >= 15 is 0 Å². The monoisotopic (exact) mass is 276 g/mol. The molecule has 2 rings (SSSR count). The van der Waals surface area contributed by atoms with Gasteiger partial charge in [-0.05, 0) is 31.2 Å². The Balaban J connectivity index is 2.17. The molecular formula is C15H14F2N2O. The summed E-state index contributed by atoms with van der Waals surface area (Å²) in [6, 6.07) is 10.6. The van der Waals surface area contributed by atoms with Gasteiger partial charge in [0.2, 0.25) is 0 Å². The summed E-state index contributed by atoms with van der Waals surface area (Å²) < 4.78 is 31.3. The molecule has 0 atom stereocenters. The van der Waals surface area contributed by atoms with E-state index in [0.29, 0.717) is 11.5 Å². The Hall–Kier alpha value is -2.43. The fourth-order valence-electron chi connectivity index (χ4n) is 1.64. The average Bonchev–Trinajstić information content (AvgIpc) is 2.46. The SMILES string of the molecule is COc1cccc(C(C)=NNc2ccc(F)cc2F)c1.